The van der Waals surface area contributed by atoms with Gasteiger partial charge < -0.3 is 10.6 Å². The van der Waals surface area contributed by atoms with Crippen molar-refractivity contribution in [2.75, 3.05) is 25.4 Å². The first-order valence-electron chi connectivity index (χ1n) is 6.60. The van der Waals surface area contributed by atoms with E-state index in [9.17, 15) is 12.8 Å². The van der Waals surface area contributed by atoms with E-state index in [1.165, 1.54) is 12.1 Å². The minimum atomic E-state index is -3.82. The number of halogens is 1. The van der Waals surface area contributed by atoms with Gasteiger partial charge in [0, 0.05) is 12.6 Å². The van der Waals surface area contributed by atoms with Gasteiger partial charge in [-0.05, 0) is 32.1 Å². The largest absolute Gasteiger partial charge is 0.395 e. The molecule has 20 heavy (non-hydrogen) atoms. The van der Waals surface area contributed by atoms with Gasteiger partial charge in [0.05, 0.1) is 5.69 Å². The van der Waals surface area contributed by atoms with E-state index in [1.807, 2.05) is 13.8 Å². The van der Waals surface area contributed by atoms with Crippen molar-refractivity contribution in [1.29, 1.82) is 0 Å². The lowest BCUT2D eigenvalue weighted by Crippen LogP contribution is -2.42. The minimum Gasteiger partial charge on any atom is -0.395 e. The Morgan fingerprint density at radius 2 is 1.95 bits per heavy atom. The van der Waals surface area contributed by atoms with Crippen molar-refractivity contribution in [1.82, 2.24) is 9.62 Å². The molecule has 0 radical (unpaired) electrons. The summed E-state index contributed by atoms with van der Waals surface area (Å²) >= 11 is 0. The van der Waals surface area contributed by atoms with E-state index in [4.69, 9.17) is 5.73 Å². The fourth-order valence-electron chi connectivity index (χ4n) is 1.99. The maximum atomic E-state index is 13.3. The van der Waals surface area contributed by atoms with Crippen molar-refractivity contribution in [3.05, 3.63) is 24.0 Å². The lowest BCUT2D eigenvalue weighted by Gasteiger charge is -2.23. The lowest BCUT2D eigenvalue weighted by atomic mass is 10.3. The third-order valence-corrected chi connectivity index (χ3v) is 4.73. The summed E-state index contributed by atoms with van der Waals surface area (Å²) in [5.41, 5.74) is 5.14. The van der Waals surface area contributed by atoms with Crippen LogP contribution in [0.4, 0.5) is 10.1 Å². The molecule has 1 rings (SSSR count). The molecule has 0 aliphatic rings. The van der Waals surface area contributed by atoms with Gasteiger partial charge in [0.15, 0.2) is 0 Å². The predicted molar refractivity (Wildman–Crippen MR) is 78.4 cm³/mol. The molecular weight excluding hydrogens is 281 g/mol. The van der Waals surface area contributed by atoms with Gasteiger partial charge in [-0.1, -0.05) is 19.9 Å². The molecule has 0 saturated carbocycles. The van der Waals surface area contributed by atoms with E-state index in [-0.39, 0.29) is 16.6 Å². The molecule has 3 N–H and O–H groups in total. The molecule has 5 nitrogen and oxygen atoms in total. The molecule has 0 spiro atoms. The number of nitrogens with two attached hydrogens (primary N) is 1. The number of hydrogen-bond acceptors (Lipinski definition) is 4. The van der Waals surface area contributed by atoms with Crippen molar-refractivity contribution in [3.8, 4) is 0 Å². The Hall–Kier alpha value is -1.18. The predicted octanol–water partition coefficient (Wildman–Crippen LogP) is 1.42. The normalized spacial score (nSPS) is 13.7. The minimum absolute atomic E-state index is 0.219. The van der Waals surface area contributed by atoms with Crippen LogP contribution in [0.15, 0.2) is 23.1 Å². The summed E-state index contributed by atoms with van der Waals surface area (Å²) in [6.45, 7) is 8.05. The van der Waals surface area contributed by atoms with Crippen LogP contribution in [0, 0.1) is 5.82 Å². The molecule has 0 saturated heterocycles. The highest BCUT2D eigenvalue weighted by Gasteiger charge is 2.22. The van der Waals surface area contributed by atoms with Gasteiger partial charge in [-0.25, -0.2) is 17.5 Å². The number of hydrogen-bond donors (Lipinski definition) is 2. The number of benzene rings is 1. The maximum absolute atomic E-state index is 13.3. The third-order valence-electron chi connectivity index (χ3n) is 3.09. The molecule has 0 bridgehead atoms. The molecule has 1 aromatic rings. The zero-order valence-electron chi connectivity index (χ0n) is 12.1. The Kier molecular flexibility index (Phi) is 5.91. The van der Waals surface area contributed by atoms with Crippen molar-refractivity contribution in [3.63, 3.8) is 0 Å². The molecule has 0 aliphatic carbocycles. The zero-order chi connectivity index (χ0) is 15.3. The van der Waals surface area contributed by atoms with Gasteiger partial charge in [-0.2, -0.15) is 0 Å². The van der Waals surface area contributed by atoms with Crippen LogP contribution < -0.4 is 10.5 Å². The molecular formula is C13H22FN3O2S. The first-order chi connectivity index (χ1) is 9.31. The Labute approximate surface area is 120 Å². The highest BCUT2D eigenvalue weighted by Crippen LogP contribution is 2.21. The van der Waals surface area contributed by atoms with Crippen molar-refractivity contribution >= 4 is 15.7 Å². The molecule has 0 aliphatic heterocycles. The standard InChI is InChI=1S/C13H22FN3O2S/c1-4-17(5-2)9-10(3)16-20(18,19)12-8-6-7-11(14)13(12)15/h6-8,10,16H,4-5,9,15H2,1-3H3. The molecule has 1 unspecified atom stereocenters. The van der Waals surface area contributed by atoms with Crippen LogP contribution in [0.5, 0.6) is 0 Å². The van der Waals surface area contributed by atoms with Gasteiger partial charge >= 0.3 is 0 Å². The van der Waals surface area contributed by atoms with Gasteiger partial charge in [0.25, 0.3) is 0 Å². The van der Waals surface area contributed by atoms with Crippen LogP contribution in [0.3, 0.4) is 0 Å². The second-order valence-corrected chi connectivity index (χ2v) is 6.34. The summed E-state index contributed by atoms with van der Waals surface area (Å²) < 4.78 is 40.3. The molecule has 0 fully saturated rings. The van der Waals surface area contributed by atoms with E-state index in [0.29, 0.717) is 6.54 Å². The maximum Gasteiger partial charge on any atom is 0.243 e. The molecule has 0 aromatic heterocycles. The quantitative estimate of drug-likeness (QED) is 0.747. The Balaban J connectivity index is 2.87. The number of anilines is 1. The number of para-hydroxylation sites is 1. The van der Waals surface area contributed by atoms with Crippen molar-refractivity contribution in [2.45, 2.75) is 31.7 Å². The van der Waals surface area contributed by atoms with Gasteiger partial charge in [-0.15, -0.1) is 0 Å². The first kappa shape index (κ1) is 16.9. The summed E-state index contributed by atoms with van der Waals surface area (Å²) in [5, 5.41) is 0. The van der Waals surface area contributed by atoms with Gasteiger partial charge in [0.2, 0.25) is 10.0 Å². The molecule has 0 heterocycles. The average Bonchev–Trinajstić information content (AvgIpc) is 2.38. The van der Waals surface area contributed by atoms with E-state index < -0.39 is 15.8 Å². The molecule has 114 valence electrons. The van der Waals surface area contributed by atoms with Crippen molar-refractivity contribution < 1.29 is 12.8 Å². The lowest BCUT2D eigenvalue weighted by molar-refractivity contribution is 0.282. The van der Waals surface area contributed by atoms with Crippen LogP contribution in [0.1, 0.15) is 20.8 Å². The summed E-state index contributed by atoms with van der Waals surface area (Å²) in [7, 11) is -3.82. The van der Waals surface area contributed by atoms with Crippen LogP contribution >= 0.6 is 0 Å². The Morgan fingerprint density at radius 3 is 2.50 bits per heavy atom. The second-order valence-electron chi connectivity index (χ2n) is 4.66. The Bertz CT molecular complexity index is 545. The fraction of sp³-hybridized carbons (Fsp3) is 0.538. The van der Waals surface area contributed by atoms with Crippen molar-refractivity contribution in [2.24, 2.45) is 0 Å². The van der Waals surface area contributed by atoms with Crippen LogP contribution in [0.2, 0.25) is 0 Å². The van der Waals surface area contributed by atoms with Gasteiger partial charge in [0.1, 0.15) is 10.7 Å². The monoisotopic (exact) mass is 303 g/mol. The van der Waals surface area contributed by atoms with E-state index in [0.717, 1.165) is 19.2 Å². The Morgan fingerprint density at radius 1 is 1.35 bits per heavy atom. The summed E-state index contributed by atoms with van der Waals surface area (Å²) in [6, 6.07) is 3.47. The summed E-state index contributed by atoms with van der Waals surface area (Å²) in [6.07, 6.45) is 0. The number of likely N-dealkylation sites (N-methyl/N-ethyl adjacent to an activating group) is 1. The van der Waals surface area contributed by atoms with E-state index in [2.05, 4.69) is 9.62 Å². The second kappa shape index (κ2) is 7.01. The number of nitrogens with zero attached hydrogens (tertiary/aromatic N) is 1. The fourth-order valence-corrected chi connectivity index (χ4v) is 3.36. The molecule has 1 atom stereocenters. The highest BCUT2D eigenvalue weighted by atomic mass is 32.2. The van der Waals surface area contributed by atoms with Crippen LogP contribution in [-0.4, -0.2) is 39.0 Å². The third kappa shape index (κ3) is 4.16. The van der Waals surface area contributed by atoms with Crippen LogP contribution in [-0.2, 0) is 10.0 Å². The number of nitrogen functional groups attached to an aromatic ring is 1. The highest BCUT2D eigenvalue weighted by molar-refractivity contribution is 7.89. The van der Waals surface area contributed by atoms with E-state index in [1.54, 1.807) is 6.92 Å². The number of sulfonamides is 1. The smallest absolute Gasteiger partial charge is 0.243 e. The van der Waals surface area contributed by atoms with Crippen LogP contribution in [0.25, 0.3) is 0 Å². The SMILES string of the molecule is CCN(CC)CC(C)NS(=O)(=O)c1cccc(F)c1N. The molecule has 7 heteroatoms. The molecule has 1 aromatic carbocycles. The topological polar surface area (TPSA) is 75.4 Å². The first-order valence-corrected chi connectivity index (χ1v) is 8.08. The number of nitrogens with one attached hydrogen (secondary N) is 1. The van der Waals surface area contributed by atoms with E-state index >= 15 is 0 Å². The molecule has 0 amide bonds. The number of rotatable bonds is 7. The van der Waals surface area contributed by atoms with Gasteiger partial charge in [-0.3, -0.25) is 0 Å². The summed E-state index contributed by atoms with van der Waals surface area (Å²) in [4.78, 5) is 1.88. The zero-order valence-corrected chi connectivity index (χ0v) is 12.9. The average molecular weight is 303 g/mol. The summed E-state index contributed by atoms with van der Waals surface area (Å²) in [5.74, 6) is -0.732.